The summed E-state index contributed by atoms with van der Waals surface area (Å²) in [5.74, 6) is -0.706. The third-order valence-corrected chi connectivity index (χ3v) is 4.97. The number of rotatable bonds is 4. The number of carbonyl (C=O) groups excluding carboxylic acids is 1. The first-order valence-electron chi connectivity index (χ1n) is 8.65. The van der Waals surface area contributed by atoms with Crippen molar-refractivity contribution in [3.63, 3.8) is 0 Å². The Balaban J connectivity index is 1.85. The number of nitro groups is 1. The zero-order valence-electron chi connectivity index (χ0n) is 14.7. The van der Waals surface area contributed by atoms with Crippen LogP contribution in [0.1, 0.15) is 30.1 Å². The number of nitrogens with one attached hydrogen (secondary N) is 1. The molecule has 0 radical (unpaired) electrons. The molecule has 1 saturated heterocycles. The Kier molecular flexibility index (Phi) is 5.60. The lowest BCUT2D eigenvalue weighted by Gasteiger charge is -2.31. The molecular weight excluding hydrogens is 373 g/mol. The molecule has 1 N–H and O–H groups in total. The van der Waals surface area contributed by atoms with Gasteiger partial charge in [0.15, 0.2) is 0 Å². The molecule has 1 aliphatic rings. The summed E-state index contributed by atoms with van der Waals surface area (Å²) in [6, 6.07) is 8.21. The second-order valence-electron chi connectivity index (χ2n) is 6.71. The standard InChI is InChI=1S/C19H19ClFN3O3/c1-12-6-8-23(9-7-12)17-5-2-13(10-18(17)24(26)27)19(25)22-16-4-3-14(20)11-15(16)21/h2-5,10-12H,6-9H2,1H3,(H,22,25). The topological polar surface area (TPSA) is 75.5 Å². The van der Waals surface area contributed by atoms with E-state index in [4.69, 9.17) is 11.6 Å². The fraction of sp³-hybridized carbons (Fsp3) is 0.316. The number of halogens is 2. The number of benzene rings is 2. The fourth-order valence-electron chi connectivity index (χ4n) is 3.11. The molecule has 0 spiro atoms. The van der Waals surface area contributed by atoms with Gasteiger partial charge in [-0.3, -0.25) is 14.9 Å². The summed E-state index contributed by atoms with van der Waals surface area (Å²) in [7, 11) is 0. The van der Waals surface area contributed by atoms with E-state index in [0.29, 0.717) is 11.6 Å². The first-order valence-corrected chi connectivity index (χ1v) is 9.02. The SMILES string of the molecule is CC1CCN(c2ccc(C(=O)Nc3ccc(Cl)cc3F)cc2[N+](=O)[O-])CC1. The largest absolute Gasteiger partial charge is 0.366 e. The van der Waals surface area contributed by atoms with Gasteiger partial charge in [0, 0.05) is 29.7 Å². The second kappa shape index (κ2) is 7.92. The van der Waals surface area contributed by atoms with E-state index in [-0.39, 0.29) is 22.0 Å². The summed E-state index contributed by atoms with van der Waals surface area (Å²) in [5.41, 5.74) is 0.418. The quantitative estimate of drug-likeness (QED) is 0.595. The van der Waals surface area contributed by atoms with Crippen LogP contribution in [0.25, 0.3) is 0 Å². The van der Waals surface area contributed by atoms with Crippen molar-refractivity contribution < 1.29 is 14.1 Å². The van der Waals surface area contributed by atoms with Gasteiger partial charge in [0.25, 0.3) is 11.6 Å². The van der Waals surface area contributed by atoms with E-state index >= 15 is 0 Å². The molecule has 8 heteroatoms. The van der Waals surface area contributed by atoms with Crippen LogP contribution in [0.2, 0.25) is 5.02 Å². The van der Waals surface area contributed by atoms with Crippen LogP contribution in [-0.2, 0) is 0 Å². The van der Waals surface area contributed by atoms with E-state index < -0.39 is 16.6 Å². The molecule has 0 aliphatic carbocycles. The van der Waals surface area contributed by atoms with Gasteiger partial charge in [-0.25, -0.2) is 4.39 Å². The van der Waals surface area contributed by atoms with Crippen LogP contribution in [0, 0.1) is 21.8 Å². The van der Waals surface area contributed by atoms with Crippen LogP contribution >= 0.6 is 11.6 Å². The van der Waals surface area contributed by atoms with E-state index in [9.17, 15) is 19.3 Å². The molecule has 0 saturated carbocycles. The molecule has 1 amide bonds. The fourth-order valence-corrected chi connectivity index (χ4v) is 3.27. The van der Waals surface area contributed by atoms with Crippen LogP contribution in [0.5, 0.6) is 0 Å². The van der Waals surface area contributed by atoms with Gasteiger partial charge in [-0.1, -0.05) is 18.5 Å². The molecule has 27 heavy (non-hydrogen) atoms. The Morgan fingerprint density at radius 3 is 2.59 bits per heavy atom. The van der Waals surface area contributed by atoms with Gasteiger partial charge in [0.1, 0.15) is 11.5 Å². The molecule has 1 fully saturated rings. The minimum absolute atomic E-state index is 0.0406. The number of amides is 1. The van der Waals surface area contributed by atoms with Crippen LogP contribution in [0.15, 0.2) is 36.4 Å². The van der Waals surface area contributed by atoms with Gasteiger partial charge in [-0.15, -0.1) is 0 Å². The zero-order valence-corrected chi connectivity index (χ0v) is 15.5. The maximum absolute atomic E-state index is 13.9. The van der Waals surface area contributed by atoms with E-state index in [1.54, 1.807) is 6.07 Å². The van der Waals surface area contributed by atoms with Crippen molar-refractivity contribution in [3.05, 3.63) is 62.9 Å². The van der Waals surface area contributed by atoms with Gasteiger partial charge in [0.05, 0.1) is 10.6 Å². The molecule has 0 atom stereocenters. The highest BCUT2D eigenvalue weighted by Crippen LogP contribution is 2.32. The average molecular weight is 392 g/mol. The predicted octanol–water partition coefficient (Wildman–Crippen LogP) is 4.88. The third kappa shape index (κ3) is 4.36. The molecule has 0 aromatic heterocycles. The third-order valence-electron chi connectivity index (χ3n) is 4.74. The van der Waals surface area contributed by atoms with E-state index in [1.165, 1.54) is 24.3 Å². The summed E-state index contributed by atoms with van der Waals surface area (Å²) in [5, 5.41) is 14.2. The molecule has 142 valence electrons. The number of piperidine rings is 1. The van der Waals surface area contributed by atoms with Crippen molar-refractivity contribution in [2.24, 2.45) is 5.92 Å². The summed E-state index contributed by atoms with van der Waals surface area (Å²) in [4.78, 5) is 25.4. The number of carbonyl (C=O) groups is 1. The van der Waals surface area contributed by atoms with Gasteiger partial charge in [-0.2, -0.15) is 0 Å². The predicted molar refractivity (Wildman–Crippen MR) is 103 cm³/mol. The summed E-state index contributed by atoms with van der Waals surface area (Å²) >= 11 is 5.69. The highest BCUT2D eigenvalue weighted by atomic mass is 35.5. The van der Waals surface area contributed by atoms with Crippen molar-refractivity contribution in [1.82, 2.24) is 0 Å². The number of anilines is 2. The Labute approximate surface area is 161 Å². The van der Waals surface area contributed by atoms with Crippen LogP contribution in [0.3, 0.4) is 0 Å². The van der Waals surface area contributed by atoms with Crippen molar-refractivity contribution in [3.8, 4) is 0 Å². The number of hydrogen-bond donors (Lipinski definition) is 1. The monoisotopic (exact) mass is 391 g/mol. The van der Waals surface area contributed by atoms with Gasteiger partial charge >= 0.3 is 0 Å². The molecular formula is C19H19ClFN3O3. The molecule has 6 nitrogen and oxygen atoms in total. The number of hydrogen-bond acceptors (Lipinski definition) is 4. The Morgan fingerprint density at radius 2 is 1.96 bits per heavy atom. The molecule has 1 aliphatic heterocycles. The van der Waals surface area contributed by atoms with Crippen molar-refractivity contribution in [1.29, 1.82) is 0 Å². The van der Waals surface area contributed by atoms with E-state index in [2.05, 4.69) is 12.2 Å². The van der Waals surface area contributed by atoms with Crippen LogP contribution in [0.4, 0.5) is 21.5 Å². The van der Waals surface area contributed by atoms with E-state index in [1.807, 2.05) is 4.90 Å². The molecule has 1 heterocycles. The number of nitrogens with zero attached hydrogens (tertiary/aromatic N) is 2. The minimum atomic E-state index is -0.676. The molecule has 3 rings (SSSR count). The Morgan fingerprint density at radius 1 is 1.26 bits per heavy atom. The van der Waals surface area contributed by atoms with Crippen molar-refractivity contribution >= 4 is 34.6 Å². The van der Waals surface area contributed by atoms with Crippen molar-refractivity contribution in [2.75, 3.05) is 23.3 Å². The first-order chi connectivity index (χ1) is 12.8. The second-order valence-corrected chi connectivity index (χ2v) is 7.14. The van der Waals surface area contributed by atoms with Crippen LogP contribution < -0.4 is 10.2 Å². The summed E-state index contributed by atoms with van der Waals surface area (Å²) in [6.07, 6.45) is 1.93. The number of nitro benzene ring substituents is 1. The minimum Gasteiger partial charge on any atom is -0.366 e. The lowest BCUT2D eigenvalue weighted by atomic mass is 9.98. The maximum atomic E-state index is 13.9. The summed E-state index contributed by atoms with van der Waals surface area (Å²) < 4.78 is 13.9. The molecule has 0 unspecified atom stereocenters. The lowest BCUT2D eigenvalue weighted by Crippen LogP contribution is -2.33. The average Bonchev–Trinajstić information content (AvgIpc) is 2.64. The van der Waals surface area contributed by atoms with Gasteiger partial charge < -0.3 is 10.2 Å². The van der Waals surface area contributed by atoms with Crippen molar-refractivity contribution in [2.45, 2.75) is 19.8 Å². The van der Waals surface area contributed by atoms with Gasteiger partial charge in [-0.05, 0) is 49.1 Å². The first kappa shape index (κ1) is 19.1. The van der Waals surface area contributed by atoms with Gasteiger partial charge in [0.2, 0.25) is 0 Å². The normalized spacial score (nSPS) is 14.9. The van der Waals surface area contributed by atoms with Crippen LogP contribution in [-0.4, -0.2) is 23.9 Å². The Hall–Kier alpha value is -2.67. The molecule has 2 aromatic carbocycles. The smallest absolute Gasteiger partial charge is 0.293 e. The maximum Gasteiger partial charge on any atom is 0.293 e. The molecule has 2 aromatic rings. The lowest BCUT2D eigenvalue weighted by molar-refractivity contribution is -0.384. The summed E-state index contributed by atoms with van der Waals surface area (Å²) in [6.45, 7) is 3.64. The molecule has 0 bridgehead atoms. The Bertz CT molecular complexity index is 882. The highest BCUT2D eigenvalue weighted by Gasteiger charge is 2.25. The zero-order chi connectivity index (χ0) is 19.6. The van der Waals surface area contributed by atoms with E-state index in [0.717, 1.165) is 32.0 Å². The highest BCUT2D eigenvalue weighted by molar-refractivity contribution is 6.30.